The van der Waals surface area contributed by atoms with Crippen LogP contribution < -0.4 is 9.46 Å². The number of rotatable bonds is 5. The standard InChI is InChI=1S/C20H19N3O3S/c24-27(25,16-11-5-2-6-12-16)23-20-21-18-14-8-7-13-17(18)19(22-20)26-15-9-3-1-4-10-15/h1-6,9-12H,7-8,13-14H2,(H,21,22,23). The molecule has 0 fully saturated rings. The van der Waals surface area contributed by atoms with Gasteiger partial charge in [0.2, 0.25) is 11.8 Å². The van der Waals surface area contributed by atoms with Crippen molar-refractivity contribution >= 4 is 16.0 Å². The number of para-hydroxylation sites is 1. The molecule has 0 saturated heterocycles. The maximum atomic E-state index is 12.6. The smallest absolute Gasteiger partial charge is 0.264 e. The predicted molar refractivity (Wildman–Crippen MR) is 102 cm³/mol. The Kier molecular flexibility index (Phi) is 4.77. The lowest BCUT2D eigenvalue weighted by Gasteiger charge is -2.19. The molecular formula is C20H19N3O3S. The van der Waals surface area contributed by atoms with Crippen molar-refractivity contribution in [3.05, 3.63) is 71.9 Å². The summed E-state index contributed by atoms with van der Waals surface area (Å²) in [5.74, 6) is 1.10. The summed E-state index contributed by atoms with van der Waals surface area (Å²) >= 11 is 0. The van der Waals surface area contributed by atoms with Crippen LogP contribution in [-0.4, -0.2) is 18.4 Å². The van der Waals surface area contributed by atoms with Gasteiger partial charge in [-0.3, -0.25) is 0 Å². The molecule has 2 aromatic carbocycles. The van der Waals surface area contributed by atoms with Gasteiger partial charge in [-0.15, -0.1) is 0 Å². The first kappa shape index (κ1) is 17.5. The molecule has 0 amide bonds. The Morgan fingerprint density at radius 3 is 2.26 bits per heavy atom. The van der Waals surface area contributed by atoms with Crippen LogP contribution in [0.3, 0.4) is 0 Å². The third-order valence-corrected chi connectivity index (χ3v) is 5.73. The normalized spacial score (nSPS) is 13.6. The second-order valence-corrected chi connectivity index (χ2v) is 8.00. The number of aromatic nitrogens is 2. The fourth-order valence-corrected chi connectivity index (χ4v) is 4.03. The highest BCUT2D eigenvalue weighted by Crippen LogP contribution is 2.31. The summed E-state index contributed by atoms with van der Waals surface area (Å²) < 4.78 is 33.6. The van der Waals surface area contributed by atoms with Gasteiger partial charge in [0.25, 0.3) is 10.0 Å². The Labute approximate surface area is 158 Å². The van der Waals surface area contributed by atoms with Crippen LogP contribution in [0.15, 0.2) is 65.6 Å². The molecular weight excluding hydrogens is 362 g/mol. The van der Waals surface area contributed by atoms with Gasteiger partial charge in [-0.1, -0.05) is 36.4 Å². The van der Waals surface area contributed by atoms with Crippen LogP contribution in [0.2, 0.25) is 0 Å². The summed E-state index contributed by atoms with van der Waals surface area (Å²) in [5.41, 5.74) is 1.79. The molecule has 0 aliphatic heterocycles. The molecule has 0 bridgehead atoms. The van der Waals surface area contributed by atoms with E-state index in [-0.39, 0.29) is 10.8 Å². The summed E-state index contributed by atoms with van der Waals surface area (Å²) in [6.45, 7) is 0. The van der Waals surface area contributed by atoms with Crippen molar-refractivity contribution in [2.45, 2.75) is 30.6 Å². The summed E-state index contributed by atoms with van der Waals surface area (Å²) in [6, 6.07) is 17.5. The molecule has 1 heterocycles. The van der Waals surface area contributed by atoms with Gasteiger partial charge in [0, 0.05) is 5.56 Å². The van der Waals surface area contributed by atoms with Gasteiger partial charge in [0.05, 0.1) is 10.6 Å². The number of fused-ring (bicyclic) bond motifs is 1. The number of hydrogen-bond acceptors (Lipinski definition) is 5. The van der Waals surface area contributed by atoms with Crippen LogP contribution in [0, 0.1) is 0 Å². The van der Waals surface area contributed by atoms with E-state index in [2.05, 4.69) is 14.7 Å². The first-order chi connectivity index (χ1) is 13.1. The van der Waals surface area contributed by atoms with Crippen LogP contribution >= 0.6 is 0 Å². The van der Waals surface area contributed by atoms with Gasteiger partial charge in [-0.2, -0.15) is 4.98 Å². The number of nitrogens with zero attached hydrogens (tertiary/aromatic N) is 2. The number of benzene rings is 2. The topological polar surface area (TPSA) is 81.2 Å². The minimum absolute atomic E-state index is 0.0328. The minimum atomic E-state index is -3.76. The average molecular weight is 381 g/mol. The monoisotopic (exact) mass is 381 g/mol. The van der Waals surface area contributed by atoms with E-state index in [1.54, 1.807) is 18.2 Å². The van der Waals surface area contributed by atoms with Crippen molar-refractivity contribution in [3.8, 4) is 11.6 Å². The molecule has 6 nitrogen and oxygen atoms in total. The average Bonchev–Trinajstić information content (AvgIpc) is 2.69. The van der Waals surface area contributed by atoms with Crippen LogP contribution in [0.4, 0.5) is 5.95 Å². The van der Waals surface area contributed by atoms with Crippen molar-refractivity contribution < 1.29 is 13.2 Å². The molecule has 1 N–H and O–H groups in total. The Hall–Kier alpha value is -2.93. The molecule has 0 spiro atoms. The molecule has 0 radical (unpaired) electrons. The van der Waals surface area contributed by atoms with Crippen molar-refractivity contribution in [2.75, 3.05) is 4.72 Å². The molecule has 138 valence electrons. The molecule has 27 heavy (non-hydrogen) atoms. The maximum Gasteiger partial charge on any atom is 0.264 e. The SMILES string of the molecule is O=S(=O)(Nc1nc2c(c(Oc3ccccc3)n1)CCCC2)c1ccccc1. The summed E-state index contributed by atoms with van der Waals surface area (Å²) in [5, 5.41) is 0. The van der Waals surface area contributed by atoms with Crippen molar-refractivity contribution in [1.29, 1.82) is 0 Å². The predicted octanol–water partition coefficient (Wildman–Crippen LogP) is 3.95. The molecule has 4 rings (SSSR count). The molecule has 1 aromatic heterocycles. The van der Waals surface area contributed by atoms with Gasteiger partial charge in [0.1, 0.15) is 5.75 Å². The molecule has 1 aliphatic carbocycles. The second-order valence-electron chi connectivity index (χ2n) is 6.32. The van der Waals surface area contributed by atoms with E-state index in [0.29, 0.717) is 11.6 Å². The van der Waals surface area contributed by atoms with Gasteiger partial charge in [-0.05, 0) is 49.9 Å². The van der Waals surface area contributed by atoms with Gasteiger partial charge >= 0.3 is 0 Å². The molecule has 0 saturated carbocycles. The molecule has 7 heteroatoms. The Morgan fingerprint density at radius 1 is 0.852 bits per heavy atom. The van der Waals surface area contributed by atoms with Crippen LogP contribution in [0.25, 0.3) is 0 Å². The van der Waals surface area contributed by atoms with Crippen molar-refractivity contribution in [1.82, 2.24) is 9.97 Å². The Morgan fingerprint density at radius 2 is 1.52 bits per heavy atom. The highest BCUT2D eigenvalue weighted by atomic mass is 32.2. The number of hydrogen-bond donors (Lipinski definition) is 1. The summed E-state index contributed by atoms with van der Waals surface area (Å²) in [4.78, 5) is 8.98. The highest BCUT2D eigenvalue weighted by Gasteiger charge is 2.22. The first-order valence-corrected chi connectivity index (χ1v) is 10.3. The number of ether oxygens (including phenoxy) is 1. The van der Waals surface area contributed by atoms with Crippen molar-refractivity contribution in [3.63, 3.8) is 0 Å². The maximum absolute atomic E-state index is 12.6. The number of sulfonamides is 1. The van der Waals surface area contributed by atoms with E-state index in [1.165, 1.54) is 12.1 Å². The zero-order valence-electron chi connectivity index (χ0n) is 14.6. The molecule has 1 aliphatic rings. The third kappa shape index (κ3) is 3.93. The minimum Gasteiger partial charge on any atom is -0.439 e. The fraction of sp³-hybridized carbons (Fsp3) is 0.200. The van der Waals surface area contributed by atoms with Crippen LogP contribution in [0.5, 0.6) is 11.6 Å². The highest BCUT2D eigenvalue weighted by molar-refractivity contribution is 7.92. The Bertz CT molecular complexity index is 1040. The lowest BCUT2D eigenvalue weighted by molar-refractivity contribution is 0.448. The zero-order valence-corrected chi connectivity index (χ0v) is 15.4. The van der Waals surface area contributed by atoms with Gasteiger partial charge in [-0.25, -0.2) is 18.1 Å². The summed E-state index contributed by atoms with van der Waals surface area (Å²) in [6.07, 6.45) is 3.66. The molecule has 0 atom stereocenters. The van der Waals surface area contributed by atoms with Crippen molar-refractivity contribution in [2.24, 2.45) is 0 Å². The zero-order chi connectivity index (χ0) is 18.7. The van der Waals surface area contributed by atoms with E-state index < -0.39 is 10.0 Å². The molecule has 3 aromatic rings. The lowest BCUT2D eigenvalue weighted by atomic mass is 9.97. The number of aryl methyl sites for hydroxylation is 1. The fourth-order valence-electron chi connectivity index (χ4n) is 3.07. The lowest BCUT2D eigenvalue weighted by Crippen LogP contribution is -2.18. The number of nitrogens with one attached hydrogen (secondary N) is 1. The quantitative estimate of drug-likeness (QED) is 0.724. The van der Waals surface area contributed by atoms with Gasteiger partial charge < -0.3 is 4.74 Å². The number of anilines is 1. The van der Waals surface area contributed by atoms with E-state index >= 15 is 0 Å². The van der Waals surface area contributed by atoms with Crippen LogP contribution in [-0.2, 0) is 22.9 Å². The molecule has 0 unspecified atom stereocenters. The second kappa shape index (κ2) is 7.36. The third-order valence-electron chi connectivity index (χ3n) is 4.38. The summed E-state index contributed by atoms with van der Waals surface area (Å²) in [7, 11) is -3.76. The van der Waals surface area contributed by atoms with E-state index in [9.17, 15) is 8.42 Å². The van der Waals surface area contributed by atoms with E-state index in [1.807, 2.05) is 30.3 Å². The van der Waals surface area contributed by atoms with Crippen LogP contribution in [0.1, 0.15) is 24.1 Å². The first-order valence-electron chi connectivity index (χ1n) is 8.82. The largest absolute Gasteiger partial charge is 0.439 e. The Balaban J connectivity index is 1.70. The van der Waals surface area contributed by atoms with E-state index in [0.717, 1.165) is 36.9 Å². The van der Waals surface area contributed by atoms with Gasteiger partial charge in [0.15, 0.2) is 0 Å². The van der Waals surface area contributed by atoms with E-state index in [4.69, 9.17) is 4.74 Å².